The highest BCUT2D eigenvalue weighted by atomic mass is 16.5. The summed E-state index contributed by atoms with van der Waals surface area (Å²) in [5, 5.41) is 10.3. The minimum absolute atomic E-state index is 0.105. The second-order valence-corrected chi connectivity index (χ2v) is 6.22. The van der Waals surface area contributed by atoms with Gasteiger partial charge >= 0.3 is 0 Å². The number of phenols is 1. The van der Waals surface area contributed by atoms with E-state index in [0.717, 1.165) is 16.7 Å². The van der Waals surface area contributed by atoms with E-state index in [9.17, 15) is 9.90 Å². The molecule has 1 amide bonds. The van der Waals surface area contributed by atoms with Crippen LogP contribution in [0.4, 0.5) is 0 Å². The second-order valence-electron chi connectivity index (χ2n) is 6.22. The summed E-state index contributed by atoms with van der Waals surface area (Å²) in [6.07, 6.45) is 0.348. The maximum atomic E-state index is 12.7. The number of hydrogen-bond donors (Lipinski definition) is 1. The van der Waals surface area contributed by atoms with Gasteiger partial charge in [0.15, 0.2) is 0 Å². The standard InChI is InChI=1S/C20H23NO3/c1-15-7-8-19(22)18(13-15)17(16-5-3-2-4-6-16)14-20(23)21-9-11-24-12-10-21/h2-8,13,17,22H,9-12,14H2,1H3/t17-/m1/s1. The molecule has 0 radical (unpaired) electrons. The molecule has 0 spiro atoms. The van der Waals surface area contributed by atoms with Crippen molar-refractivity contribution in [3.8, 4) is 5.75 Å². The predicted molar refractivity (Wildman–Crippen MR) is 93.1 cm³/mol. The highest BCUT2D eigenvalue weighted by molar-refractivity contribution is 5.78. The van der Waals surface area contributed by atoms with Crippen molar-refractivity contribution < 1.29 is 14.6 Å². The summed E-state index contributed by atoms with van der Waals surface area (Å²) in [5.74, 6) is 0.193. The molecule has 1 heterocycles. The van der Waals surface area contributed by atoms with Gasteiger partial charge in [-0.05, 0) is 18.6 Å². The van der Waals surface area contributed by atoms with Gasteiger partial charge in [0.2, 0.25) is 5.91 Å². The highest BCUT2D eigenvalue weighted by Gasteiger charge is 2.25. The van der Waals surface area contributed by atoms with E-state index < -0.39 is 0 Å². The number of benzene rings is 2. The van der Waals surface area contributed by atoms with Crippen LogP contribution >= 0.6 is 0 Å². The van der Waals surface area contributed by atoms with E-state index in [-0.39, 0.29) is 17.6 Å². The number of aromatic hydroxyl groups is 1. The molecule has 4 nitrogen and oxygen atoms in total. The Bertz CT molecular complexity index is 693. The van der Waals surface area contributed by atoms with Crippen molar-refractivity contribution in [2.24, 2.45) is 0 Å². The minimum atomic E-state index is -0.151. The molecule has 24 heavy (non-hydrogen) atoms. The van der Waals surface area contributed by atoms with Gasteiger partial charge in [0.1, 0.15) is 5.75 Å². The number of aryl methyl sites for hydroxylation is 1. The summed E-state index contributed by atoms with van der Waals surface area (Å²) in [4.78, 5) is 14.6. The zero-order valence-corrected chi connectivity index (χ0v) is 13.9. The molecule has 4 heteroatoms. The molecule has 1 aliphatic heterocycles. The Morgan fingerprint density at radius 1 is 1.17 bits per heavy atom. The Kier molecular flexibility index (Phi) is 5.16. The van der Waals surface area contributed by atoms with Crippen LogP contribution in [0.2, 0.25) is 0 Å². The molecule has 126 valence electrons. The highest BCUT2D eigenvalue weighted by Crippen LogP contribution is 2.35. The molecule has 1 N–H and O–H groups in total. The van der Waals surface area contributed by atoms with Crippen LogP contribution in [0, 0.1) is 6.92 Å². The number of amides is 1. The van der Waals surface area contributed by atoms with Crippen molar-refractivity contribution in [3.05, 3.63) is 65.2 Å². The van der Waals surface area contributed by atoms with Crippen LogP contribution < -0.4 is 0 Å². The maximum Gasteiger partial charge on any atom is 0.223 e. The number of morpholine rings is 1. The molecule has 2 aromatic carbocycles. The first kappa shape index (κ1) is 16.5. The molecule has 0 saturated carbocycles. The lowest BCUT2D eigenvalue weighted by atomic mass is 9.86. The number of ether oxygens (including phenoxy) is 1. The monoisotopic (exact) mass is 325 g/mol. The fraction of sp³-hybridized carbons (Fsp3) is 0.350. The van der Waals surface area contributed by atoms with E-state index in [1.165, 1.54) is 0 Å². The molecule has 0 aliphatic carbocycles. The molecular formula is C20H23NO3. The smallest absolute Gasteiger partial charge is 0.223 e. The second kappa shape index (κ2) is 7.49. The van der Waals surface area contributed by atoms with Gasteiger partial charge in [0.25, 0.3) is 0 Å². The van der Waals surface area contributed by atoms with Crippen LogP contribution in [0.15, 0.2) is 48.5 Å². The van der Waals surface area contributed by atoms with Crippen molar-refractivity contribution in [3.63, 3.8) is 0 Å². The number of hydrogen-bond acceptors (Lipinski definition) is 3. The summed E-state index contributed by atoms with van der Waals surface area (Å²) >= 11 is 0. The molecule has 2 aromatic rings. The summed E-state index contributed by atoms with van der Waals surface area (Å²) in [6.45, 7) is 4.46. The van der Waals surface area contributed by atoms with Gasteiger partial charge in [-0.2, -0.15) is 0 Å². The van der Waals surface area contributed by atoms with E-state index in [4.69, 9.17) is 4.74 Å². The zero-order valence-electron chi connectivity index (χ0n) is 13.9. The summed E-state index contributed by atoms with van der Waals surface area (Å²) in [7, 11) is 0. The lowest BCUT2D eigenvalue weighted by Crippen LogP contribution is -2.41. The van der Waals surface area contributed by atoms with E-state index in [1.807, 2.05) is 54.3 Å². The molecule has 1 aliphatic rings. The van der Waals surface area contributed by atoms with Crippen LogP contribution in [-0.2, 0) is 9.53 Å². The molecule has 0 aromatic heterocycles. The molecular weight excluding hydrogens is 302 g/mol. The average molecular weight is 325 g/mol. The van der Waals surface area contributed by atoms with Gasteiger partial charge < -0.3 is 14.7 Å². The maximum absolute atomic E-state index is 12.7. The largest absolute Gasteiger partial charge is 0.508 e. The average Bonchev–Trinajstić information content (AvgIpc) is 2.63. The van der Waals surface area contributed by atoms with Crippen LogP contribution in [0.25, 0.3) is 0 Å². The lowest BCUT2D eigenvalue weighted by molar-refractivity contribution is -0.135. The van der Waals surface area contributed by atoms with Gasteiger partial charge in [-0.15, -0.1) is 0 Å². The first-order valence-electron chi connectivity index (χ1n) is 8.35. The van der Waals surface area contributed by atoms with Crippen LogP contribution in [0.1, 0.15) is 29.0 Å². The first-order chi connectivity index (χ1) is 11.6. The van der Waals surface area contributed by atoms with Crippen LogP contribution in [-0.4, -0.2) is 42.2 Å². The molecule has 1 fully saturated rings. The number of rotatable bonds is 4. The van der Waals surface area contributed by atoms with Crippen LogP contribution in [0.3, 0.4) is 0 Å². The zero-order chi connectivity index (χ0) is 16.9. The Balaban J connectivity index is 1.90. The molecule has 1 atom stereocenters. The molecule has 0 bridgehead atoms. The predicted octanol–water partition coefficient (Wildman–Crippen LogP) is 3.08. The topological polar surface area (TPSA) is 49.8 Å². The summed E-state index contributed by atoms with van der Waals surface area (Å²) in [6, 6.07) is 15.5. The summed E-state index contributed by atoms with van der Waals surface area (Å²) < 4.78 is 5.33. The Morgan fingerprint density at radius 3 is 2.58 bits per heavy atom. The lowest BCUT2D eigenvalue weighted by Gasteiger charge is -2.29. The van der Waals surface area contributed by atoms with E-state index in [2.05, 4.69) is 0 Å². The van der Waals surface area contributed by atoms with Gasteiger partial charge in [-0.25, -0.2) is 0 Å². The Morgan fingerprint density at radius 2 is 1.88 bits per heavy atom. The summed E-state index contributed by atoms with van der Waals surface area (Å²) in [5.41, 5.74) is 2.92. The van der Waals surface area contributed by atoms with Crippen molar-refractivity contribution in [1.82, 2.24) is 4.90 Å². The fourth-order valence-corrected chi connectivity index (χ4v) is 3.16. The number of nitrogens with zero attached hydrogens (tertiary/aromatic N) is 1. The van der Waals surface area contributed by atoms with E-state index in [0.29, 0.717) is 32.7 Å². The van der Waals surface area contributed by atoms with E-state index >= 15 is 0 Å². The van der Waals surface area contributed by atoms with Crippen LogP contribution in [0.5, 0.6) is 5.75 Å². The molecule has 3 rings (SSSR count). The number of phenolic OH excluding ortho intramolecular Hbond substituents is 1. The fourth-order valence-electron chi connectivity index (χ4n) is 3.16. The quantitative estimate of drug-likeness (QED) is 0.940. The third-order valence-electron chi connectivity index (χ3n) is 4.50. The third-order valence-corrected chi connectivity index (χ3v) is 4.50. The minimum Gasteiger partial charge on any atom is -0.508 e. The molecule has 0 unspecified atom stereocenters. The van der Waals surface area contributed by atoms with E-state index in [1.54, 1.807) is 6.07 Å². The van der Waals surface area contributed by atoms with Crippen molar-refractivity contribution in [1.29, 1.82) is 0 Å². The SMILES string of the molecule is Cc1ccc(O)c([C@H](CC(=O)N2CCOCC2)c2ccccc2)c1. The van der Waals surface area contributed by atoms with Gasteiger partial charge in [-0.3, -0.25) is 4.79 Å². The Labute approximate surface area is 142 Å². The van der Waals surface area contributed by atoms with Crippen molar-refractivity contribution >= 4 is 5.91 Å². The third kappa shape index (κ3) is 3.77. The molecule has 1 saturated heterocycles. The number of carbonyl (C=O) groups excluding carboxylic acids is 1. The first-order valence-corrected chi connectivity index (χ1v) is 8.35. The van der Waals surface area contributed by atoms with Gasteiger partial charge in [0.05, 0.1) is 13.2 Å². The van der Waals surface area contributed by atoms with Crippen molar-refractivity contribution in [2.75, 3.05) is 26.3 Å². The normalized spacial score (nSPS) is 16.0. The Hall–Kier alpha value is -2.33. The van der Waals surface area contributed by atoms with Gasteiger partial charge in [-0.1, -0.05) is 48.0 Å². The van der Waals surface area contributed by atoms with Gasteiger partial charge in [0, 0.05) is 31.0 Å². The van der Waals surface area contributed by atoms with Crippen molar-refractivity contribution in [2.45, 2.75) is 19.3 Å². The number of carbonyl (C=O) groups is 1.